The third kappa shape index (κ3) is 5.79. The van der Waals surface area contributed by atoms with E-state index in [1.807, 2.05) is 31.2 Å². The monoisotopic (exact) mass is 512 g/mol. The fourth-order valence-corrected chi connectivity index (χ4v) is 11.4. The van der Waals surface area contributed by atoms with Crippen LogP contribution >= 0.6 is 0 Å². The maximum absolute atomic E-state index is 11.3. The minimum atomic E-state index is -2.16. The van der Waals surface area contributed by atoms with Crippen molar-refractivity contribution < 1.29 is 33.6 Å². The van der Waals surface area contributed by atoms with Crippen molar-refractivity contribution in [3.63, 3.8) is 0 Å². The molecule has 1 aliphatic rings. The minimum Gasteiger partial charge on any atom is -0.497 e. The number of benzene rings is 1. The molecular weight excluding hydrogens is 464 g/mol. The number of rotatable bonds is 13. The van der Waals surface area contributed by atoms with Crippen molar-refractivity contribution in [2.24, 2.45) is 5.41 Å². The van der Waals surface area contributed by atoms with Crippen molar-refractivity contribution in [2.75, 3.05) is 27.4 Å². The highest BCUT2D eigenvalue weighted by Crippen LogP contribution is 2.50. The first-order valence-corrected chi connectivity index (χ1v) is 14.9. The van der Waals surface area contributed by atoms with Gasteiger partial charge < -0.3 is 33.6 Å². The third-order valence-corrected chi connectivity index (χ3v) is 14.3. The molecule has 0 bridgehead atoms. The lowest BCUT2D eigenvalue weighted by molar-refractivity contribution is -0.224. The smallest absolute Gasteiger partial charge is 0.200 e. The van der Waals surface area contributed by atoms with Gasteiger partial charge in [0.05, 0.1) is 44.1 Å². The summed E-state index contributed by atoms with van der Waals surface area (Å²) in [6, 6.07) is 7.67. The van der Waals surface area contributed by atoms with Crippen LogP contribution in [0.2, 0.25) is 16.6 Å². The first-order chi connectivity index (χ1) is 16.3. The molecule has 1 heterocycles. The van der Waals surface area contributed by atoms with Crippen molar-refractivity contribution in [2.45, 2.75) is 103 Å². The summed E-state index contributed by atoms with van der Waals surface area (Å²) in [6.07, 6.45) is -1.81. The van der Waals surface area contributed by atoms with Crippen LogP contribution in [-0.4, -0.2) is 70.1 Å². The van der Waals surface area contributed by atoms with Gasteiger partial charge in [0, 0.05) is 7.11 Å². The largest absolute Gasteiger partial charge is 0.497 e. The van der Waals surface area contributed by atoms with Crippen LogP contribution in [0, 0.1) is 5.41 Å². The number of aliphatic hydroxyl groups is 2. The summed E-state index contributed by atoms with van der Waals surface area (Å²) < 4.78 is 30.6. The summed E-state index contributed by atoms with van der Waals surface area (Å²) in [5, 5.41) is 21.4. The molecule has 35 heavy (non-hydrogen) atoms. The molecule has 0 amide bonds. The molecule has 202 valence electrons. The van der Waals surface area contributed by atoms with Crippen LogP contribution in [-0.2, 0) is 25.2 Å². The third-order valence-electron chi connectivity index (χ3n) is 8.19. The zero-order chi connectivity index (χ0) is 26.6. The second kappa shape index (κ2) is 12.0. The Morgan fingerprint density at radius 2 is 1.57 bits per heavy atom. The van der Waals surface area contributed by atoms with Crippen molar-refractivity contribution >= 4 is 8.32 Å². The lowest BCUT2D eigenvalue weighted by Crippen LogP contribution is -2.59. The van der Waals surface area contributed by atoms with Gasteiger partial charge in [0.15, 0.2) is 14.6 Å². The summed E-state index contributed by atoms with van der Waals surface area (Å²) in [5.41, 5.74) is -0.301. The van der Waals surface area contributed by atoms with Crippen LogP contribution in [0.15, 0.2) is 24.3 Å². The van der Waals surface area contributed by atoms with E-state index < -0.39 is 44.4 Å². The Balaban J connectivity index is 2.39. The Labute approximate surface area is 213 Å². The van der Waals surface area contributed by atoms with E-state index in [0.29, 0.717) is 29.8 Å². The highest BCUT2D eigenvalue weighted by Gasteiger charge is 2.63. The first kappa shape index (κ1) is 30.2. The van der Waals surface area contributed by atoms with E-state index in [0.717, 1.165) is 11.3 Å². The molecule has 0 spiro atoms. The van der Waals surface area contributed by atoms with Crippen molar-refractivity contribution in [1.82, 2.24) is 0 Å². The first-order valence-electron chi connectivity index (χ1n) is 12.7. The van der Waals surface area contributed by atoms with Crippen molar-refractivity contribution in [1.29, 1.82) is 0 Å². The molecule has 1 aromatic carbocycles. The maximum atomic E-state index is 11.3. The molecule has 1 fully saturated rings. The average Bonchev–Trinajstić information content (AvgIpc) is 3.09. The Kier molecular flexibility index (Phi) is 10.4. The van der Waals surface area contributed by atoms with Gasteiger partial charge in [-0.1, -0.05) is 53.7 Å². The molecule has 5 atom stereocenters. The van der Waals surface area contributed by atoms with Crippen LogP contribution in [0.1, 0.15) is 61.0 Å². The van der Waals surface area contributed by atoms with E-state index >= 15 is 0 Å². The average molecular weight is 513 g/mol. The van der Waals surface area contributed by atoms with E-state index in [2.05, 4.69) is 41.5 Å². The summed E-state index contributed by atoms with van der Waals surface area (Å²) >= 11 is 0. The zero-order valence-corrected chi connectivity index (χ0v) is 24.3. The number of hydrogen-bond acceptors (Lipinski definition) is 7. The quantitative estimate of drug-likeness (QED) is 0.364. The van der Waals surface area contributed by atoms with E-state index in [-0.39, 0.29) is 0 Å². The normalized spacial score (nSPS) is 27.1. The summed E-state index contributed by atoms with van der Waals surface area (Å²) in [6.45, 7) is 17.1. The lowest BCUT2D eigenvalue weighted by atomic mass is 9.70. The van der Waals surface area contributed by atoms with Crippen LogP contribution in [0.4, 0.5) is 0 Å². The summed E-state index contributed by atoms with van der Waals surface area (Å²) in [7, 11) is 1.03. The van der Waals surface area contributed by atoms with Gasteiger partial charge in [0.1, 0.15) is 11.9 Å². The SMILES string of the molecule is COc1ccc(CO[C@H]2[C@@H](CO[Si](C(C)C)(C(C)C)C(C)C)O[C@@H](OC)[C@@]2(C)[C@@](C)(O)CO)cc1. The molecule has 0 saturated carbocycles. The molecule has 0 aliphatic carbocycles. The van der Waals surface area contributed by atoms with Gasteiger partial charge in [-0.15, -0.1) is 0 Å². The maximum Gasteiger partial charge on any atom is 0.200 e. The second-order valence-electron chi connectivity index (χ2n) is 11.2. The van der Waals surface area contributed by atoms with Gasteiger partial charge >= 0.3 is 0 Å². The van der Waals surface area contributed by atoms with Crippen LogP contribution < -0.4 is 4.74 Å². The van der Waals surface area contributed by atoms with Gasteiger partial charge in [-0.2, -0.15) is 0 Å². The molecule has 0 unspecified atom stereocenters. The van der Waals surface area contributed by atoms with Crippen LogP contribution in [0.5, 0.6) is 5.75 Å². The summed E-state index contributed by atoms with van der Waals surface area (Å²) in [4.78, 5) is 0. The molecule has 7 nitrogen and oxygen atoms in total. The molecule has 8 heteroatoms. The molecule has 1 saturated heterocycles. The molecule has 2 N–H and O–H groups in total. The van der Waals surface area contributed by atoms with Gasteiger partial charge in [-0.05, 0) is 48.2 Å². The fourth-order valence-electron chi connectivity index (χ4n) is 5.96. The number of aliphatic hydroxyl groups excluding tert-OH is 1. The number of methoxy groups -OCH3 is 2. The highest BCUT2D eigenvalue weighted by atomic mass is 28.4. The van der Waals surface area contributed by atoms with Gasteiger partial charge in [-0.3, -0.25) is 0 Å². The van der Waals surface area contributed by atoms with E-state index in [1.165, 1.54) is 0 Å². The van der Waals surface area contributed by atoms with Crippen molar-refractivity contribution in [3.8, 4) is 5.75 Å². The number of ether oxygens (including phenoxy) is 4. The fraction of sp³-hybridized carbons (Fsp3) is 0.778. The van der Waals surface area contributed by atoms with E-state index in [9.17, 15) is 10.2 Å². The Morgan fingerprint density at radius 3 is 2.00 bits per heavy atom. The van der Waals surface area contributed by atoms with Gasteiger partial charge in [0.2, 0.25) is 0 Å². The van der Waals surface area contributed by atoms with Crippen LogP contribution in [0.25, 0.3) is 0 Å². The Hall–Kier alpha value is -1.00. The van der Waals surface area contributed by atoms with Crippen molar-refractivity contribution in [3.05, 3.63) is 29.8 Å². The van der Waals surface area contributed by atoms with Gasteiger partial charge in [-0.25, -0.2) is 0 Å². The predicted molar refractivity (Wildman–Crippen MR) is 140 cm³/mol. The molecular formula is C27H48O7Si. The summed E-state index contributed by atoms with van der Waals surface area (Å²) in [5.74, 6) is 0.772. The molecule has 1 aromatic rings. The van der Waals surface area contributed by atoms with E-state index in [4.69, 9.17) is 23.4 Å². The Morgan fingerprint density at radius 1 is 1.03 bits per heavy atom. The van der Waals surface area contributed by atoms with Gasteiger partial charge in [0.25, 0.3) is 0 Å². The molecule has 2 rings (SSSR count). The topological polar surface area (TPSA) is 86.6 Å². The van der Waals surface area contributed by atoms with E-state index in [1.54, 1.807) is 21.1 Å². The number of hydrogen-bond donors (Lipinski definition) is 2. The predicted octanol–water partition coefficient (Wildman–Crippen LogP) is 4.89. The molecule has 1 aliphatic heterocycles. The molecule has 0 aromatic heterocycles. The second-order valence-corrected chi connectivity index (χ2v) is 16.6. The van der Waals surface area contributed by atoms with Crippen LogP contribution in [0.3, 0.4) is 0 Å². The standard InChI is InChI=1S/C27H48O7Si/c1-18(2)35(19(3)4,20(5)6)33-16-23-24(32-15-21-11-13-22(30-9)14-12-21)27(8,25(31-10)34-23)26(7,29)17-28/h11-14,18-20,23-25,28-29H,15-17H2,1-10H3/t23-,24+,25-,26+,27+/m1/s1. The lowest BCUT2D eigenvalue weighted by Gasteiger charge is -2.45. The minimum absolute atomic E-state index is 0.309. The molecule has 0 radical (unpaired) electrons. The highest BCUT2D eigenvalue weighted by molar-refractivity contribution is 6.77. The Bertz CT molecular complexity index is 758. The zero-order valence-electron chi connectivity index (χ0n) is 23.3.